The summed E-state index contributed by atoms with van der Waals surface area (Å²) in [5, 5.41) is 11.4. The molecule has 1 unspecified atom stereocenters. The Bertz CT molecular complexity index is 1360. The normalized spacial score (nSPS) is 19.3. The third-order valence-electron chi connectivity index (χ3n) is 7.10. The van der Waals surface area contributed by atoms with Crippen LogP contribution in [0.2, 0.25) is 0 Å². The maximum absolute atomic E-state index is 13.4. The molecule has 7 heteroatoms. The molecule has 3 aromatic rings. The van der Waals surface area contributed by atoms with Gasteiger partial charge in [-0.05, 0) is 99.7 Å². The SMILES string of the molecule is Cc1cc(/C(O)=C2/C(=O)C(=O)N(c3ccc(N4CCCCC4)cc3)C2c2cccnc2)ccc1OC(C)C. The molecule has 196 valence electrons. The molecule has 1 N–H and O–H groups in total. The predicted molar refractivity (Wildman–Crippen MR) is 148 cm³/mol. The van der Waals surface area contributed by atoms with Crippen LogP contribution in [-0.4, -0.2) is 41.0 Å². The largest absolute Gasteiger partial charge is 0.507 e. The number of benzene rings is 2. The first-order chi connectivity index (χ1) is 18.3. The number of aliphatic hydroxyl groups excluding tert-OH is 1. The van der Waals surface area contributed by atoms with E-state index in [1.807, 2.05) is 51.1 Å². The standard InChI is InChI=1S/C31H33N3O4/c1-20(2)38-26-14-9-22(18-21(26)3)29(35)27-28(23-8-7-15-32-19-23)34(31(37)30(27)36)25-12-10-24(11-13-25)33-16-5-4-6-17-33/h7-15,18-20,28,35H,4-6,16-17H2,1-3H3/b29-27-. The fraction of sp³-hybridized carbons (Fsp3) is 0.323. The van der Waals surface area contributed by atoms with Gasteiger partial charge in [-0.25, -0.2) is 0 Å². The van der Waals surface area contributed by atoms with Gasteiger partial charge in [-0.3, -0.25) is 19.5 Å². The molecule has 7 nitrogen and oxygen atoms in total. The summed E-state index contributed by atoms with van der Waals surface area (Å²) < 4.78 is 5.82. The highest BCUT2D eigenvalue weighted by atomic mass is 16.5. The second-order valence-corrected chi connectivity index (χ2v) is 10.2. The fourth-order valence-corrected chi connectivity index (χ4v) is 5.27. The van der Waals surface area contributed by atoms with Crippen LogP contribution in [-0.2, 0) is 9.59 Å². The van der Waals surface area contributed by atoms with Gasteiger partial charge in [-0.2, -0.15) is 0 Å². The van der Waals surface area contributed by atoms with Gasteiger partial charge in [0.1, 0.15) is 11.5 Å². The van der Waals surface area contributed by atoms with E-state index in [9.17, 15) is 14.7 Å². The Morgan fingerprint density at radius 2 is 1.71 bits per heavy atom. The van der Waals surface area contributed by atoms with Crippen LogP contribution in [0.5, 0.6) is 5.75 Å². The number of anilines is 2. The number of nitrogens with zero attached hydrogens (tertiary/aromatic N) is 3. The van der Waals surface area contributed by atoms with E-state index in [1.165, 1.54) is 24.2 Å². The molecule has 2 aromatic carbocycles. The molecular formula is C31H33N3O4. The molecule has 38 heavy (non-hydrogen) atoms. The number of Topliss-reactive ketones (excluding diaryl/α,β-unsaturated/α-hetero) is 1. The van der Waals surface area contributed by atoms with Gasteiger partial charge in [0.05, 0.1) is 17.7 Å². The molecule has 2 saturated heterocycles. The van der Waals surface area contributed by atoms with Crippen molar-refractivity contribution in [3.05, 3.63) is 89.3 Å². The van der Waals surface area contributed by atoms with Crippen LogP contribution >= 0.6 is 0 Å². The molecule has 0 radical (unpaired) electrons. The summed E-state index contributed by atoms with van der Waals surface area (Å²) >= 11 is 0. The van der Waals surface area contributed by atoms with Crippen molar-refractivity contribution in [3.63, 3.8) is 0 Å². The molecule has 3 heterocycles. The first-order valence-corrected chi connectivity index (χ1v) is 13.2. The van der Waals surface area contributed by atoms with Gasteiger partial charge in [0, 0.05) is 42.4 Å². The molecule has 0 aliphatic carbocycles. The number of aryl methyl sites for hydroxylation is 1. The minimum Gasteiger partial charge on any atom is -0.507 e. The Kier molecular flexibility index (Phi) is 7.18. The molecule has 2 aliphatic rings. The quantitative estimate of drug-likeness (QED) is 0.256. The van der Waals surface area contributed by atoms with Crippen molar-refractivity contribution in [3.8, 4) is 5.75 Å². The van der Waals surface area contributed by atoms with E-state index in [1.54, 1.807) is 36.7 Å². The number of hydrogen-bond donors (Lipinski definition) is 1. The lowest BCUT2D eigenvalue weighted by Gasteiger charge is -2.30. The zero-order chi connectivity index (χ0) is 26.8. The van der Waals surface area contributed by atoms with E-state index in [2.05, 4.69) is 9.88 Å². The molecular weight excluding hydrogens is 478 g/mol. The average molecular weight is 512 g/mol. The Hall–Kier alpha value is -4.13. The van der Waals surface area contributed by atoms with Crippen molar-refractivity contribution in [2.45, 2.75) is 52.2 Å². The molecule has 0 saturated carbocycles. The number of carbonyl (C=O) groups is 2. The highest BCUT2D eigenvalue weighted by Gasteiger charge is 2.47. The average Bonchev–Trinajstić information content (AvgIpc) is 3.20. The lowest BCUT2D eigenvalue weighted by Crippen LogP contribution is -2.30. The smallest absolute Gasteiger partial charge is 0.300 e. The van der Waals surface area contributed by atoms with Gasteiger partial charge in [0.25, 0.3) is 11.7 Å². The number of amides is 1. The Morgan fingerprint density at radius 1 is 1.00 bits per heavy atom. The predicted octanol–water partition coefficient (Wildman–Crippen LogP) is 5.79. The highest BCUT2D eigenvalue weighted by molar-refractivity contribution is 6.51. The van der Waals surface area contributed by atoms with Gasteiger partial charge in [0.15, 0.2) is 0 Å². The van der Waals surface area contributed by atoms with E-state index in [0.29, 0.717) is 22.6 Å². The summed E-state index contributed by atoms with van der Waals surface area (Å²) in [5.74, 6) is -0.919. The number of pyridine rings is 1. The third kappa shape index (κ3) is 4.88. The number of hydrogen-bond acceptors (Lipinski definition) is 6. The minimum atomic E-state index is -0.809. The van der Waals surface area contributed by atoms with Gasteiger partial charge in [-0.1, -0.05) is 6.07 Å². The summed E-state index contributed by atoms with van der Waals surface area (Å²) in [5.41, 5.74) is 3.65. The first kappa shape index (κ1) is 25.5. The van der Waals surface area contributed by atoms with Gasteiger partial charge in [0.2, 0.25) is 0 Å². The zero-order valence-electron chi connectivity index (χ0n) is 22.1. The summed E-state index contributed by atoms with van der Waals surface area (Å²) in [7, 11) is 0. The molecule has 0 spiro atoms. The number of aliphatic hydroxyl groups is 1. The van der Waals surface area contributed by atoms with E-state index < -0.39 is 17.7 Å². The molecule has 0 bridgehead atoms. The van der Waals surface area contributed by atoms with Crippen molar-refractivity contribution in [1.82, 2.24) is 4.98 Å². The molecule has 2 aliphatic heterocycles. The Morgan fingerprint density at radius 3 is 2.34 bits per heavy atom. The number of rotatable bonds is 6. The van der Waals surface area contributed by atoms with E-state index in [0.717, 1.165) is 24.3 Å². The Labute approximate surface area is 223 Å². The molecule has 1 aromatic heterocycles. The number of carbonyl (C=O) groups excluding carboxylic acids is 2. The van der Waals surface area contributed by atoms with Crippen molar-refractivity contribution >= 4 is 28.8 Å². The van der Waals surface area contributed by atoms with Crippen LogP contribution in [0.15, 0.2) is 72.6 Å². The van der Waals surface area contributed by atoms with Gasteiger partial charge < -0.3 is 14.7 Å². The fourth-order valence-electron chi connectivity index (χ4n) is 5.27. The summed E-state index contributed by atoms with van der Waals surface area (Å²) in [6, 6.07) is 15.8. The van der Waals surface area contributed by atoms with Crippen molar-refractivity contribution in [1.29, 1.82) is 0 Å². The number of ketones is 1. The van der Waals surface area contributed by atoms with Crippen LogP contribution in [0.3, 0.4) is 0 Å². The first-order valence-electron chi connectivity index (χ1n) is 13.2. The van der Waals surface area contributed by atoms with E-state index in [-0.39, 0.29) is 17.4 Å². The maximum atomic E-state index is 13.4. The molecule has 1 amide bonds. The van der Waals surface area contributed by atoms with Gasteiger partial charge >= 0.3 is 0 Å². The number of aromatic nitrogens is 1. The monoisotopic (exact) mass is 511 g/mol. The van der Waals surface area contributed by atoms with Crippen LogP contribution < -0.4 is 14.5 Å². The minimum absolute atomic E-state index is 0.00496. The molecule has 1 atom stereocenters. The lowest BCUT2D eigenvalue weighted by atomic mass is 9.95. The Balaban J connectivity index is 1.57. The van der Waals surface area contributed by atoms with Crippen LogP contribution in [0.1, 0.15) is 55.8 Å². The summed E-state index contributed by atoms with van der Waals surface area (Å²) in [6.07, 6.45) is 6.86. The maximum Gasteiger partial charge on any atom is 0.300 e. The topological polar surface area (TPSA) is 83.0 Å². The van der Waals surface area contributed by atoms with Crippen LogP contribution in [0.4, 0.5) is 11.4 Å². The van der Waals surface area contributed by atoms with Crippen molar-refractivity contribution in [2.24, 2.45) is 0 Å². The lowest BCUT2D eigenvalue weighted by molar-refractivity contribution is -0.132. The highest BCUT2D eigenvalue weighted by Crippen LogP contribution is 2.42. The second-order valence-electron chi connectivity index (χ2n) is 10.2. The van der Waals surface area contributed by atoms with Crippen molar-refractivity contribution < 1.29 is 19.4 Å². The second kappa shape index (κ2) is 10.7. The summed E-state index contributed by atoms with van der Waals surface area (Å²) in [4.78, 5) is 34.9. The number of piperidine rings is 1. The van der Waals surface area contributed by atoms with E-state index in [4.69, 9.17) is 4.74 Å². The van der Waals surface area contributed by atoms with Crippen LogP contribution in [0, 0.1) is 6.92 Å². The van der Waals surface area contributed by atoms with E-state index >= 15 is 0 Å². The van der Waals surface area contributed by atoms with Gasteiger partial charge in [-0.15, -0.1) is 0 Å². The third-order valence-corrected chi connectivity index (χ3v) is 7.10. The van der Waals surface area contributed by atoms with Crippen molar-refractivity contribution in [2.75, 3.05) is 22.9 Å². The number of ether oxygens (including phenoxy) is 1. The summed E-state index contributed by atoms with van der Waals surface area (Å²) in [6.45, 7) is 7.80. The zero-order valence-corrected chi connectivity index (χ0v) is 22.1. The molecule has 5 rings (SSSR count). The molecule has 2 fully saturated rings. The van der Waals surface area contributed by atoms with Crippen LogP contribution in [0.25, 0.3) is 5.76 Å².